The molecule has 0 fully saturated rings. The van der Waals surface area contributed by atoms with Crippen molar-refractivity contribution in [1.82, 2.24) is 13.9 Å². The van der Waals surface area contributed by atoms with Gasteiger partial charge in [-0.2, -0.15) is 21.6 Å². The van der Waals surface area contributed by atoms with Gasteiger partial charge in [-0.25, -0.2) is 8.96 Å². The van der Waals surface area contributed by atoms with Crippen LogP contribution in [0.15, 0.2) is 12.1 Å². The Balaban J connectivity index is 2.88. The van der Waals surface area contributed by atoms with Gasteiger partial charge in [0, 0.05) is 19.7 Å². The van der Waals surface area contributed by atoms with Crippen LogP contribution in [0.2, 0.25) is 0 Å². The van der Waals surface area contributed by atoms with Crippen LogP contribution in [0, 0.1) is 6.92 Å². The maximum atomic E-state index is 12.8. The number of fused-ring (bicyclic) bond motifs is 1. The number of halogens is 3. The van der Waals surface area contributed by atoms with E-state index in [2.05, 4.69) is 4.98 Å². The minimum atomic E-state index is -5.75. The van der Waals surface area contributed by atoms with Gasteiger partial charge in [0.1, 0.15) is 17.1 Å². The molecule has 11 heteroatoms. The third-order valence-corrected chi connectivity index (χ3v) is 4.57. The fraction of sp³-hybridized carbons (Fsp3) is 0.333. The molecular formula is C12H12F3N3O4S. The number of aryl methyl sites for hydroxylation is 1. The number of rotatable bonds is 2. The zero-order chi connectivity index (χ0) is 17.7. The molecule has 2 aromatic rings. The van der Waals surface area contributed by atoms with Gasteiger partial charge in [-0.3, -0.25) is 4.79 Å². The highest BCUT2D eigenvalue weighted by atomic mass is 32.2. The summed E-state index contributed by atoms with van der Waals surface area (Å²) >= 11 is 0. The van der Waals surface area contributed by atoms with E-state index in [4.69, 9.17) is 0 Å². The first kappa shape index (κ1) is 17.1. The van der Waals surface area contributed by atoms with Gasteiger partial charge in [-0.15, -0.1) is 0 Å². The van der Waals surface area contributed by atoms with Crippen molar-refractivity contribution in [3.8, 4) is 5.75 Å². The Bertz CT molecular complexity index is 900. The molecule has 23 heavy (non-hydrogen) atoms. The Morgan fingerprint density at radius 1 is 1.30 bits per heavy atom. The van der Waals surface area contributed by atoms with Crippen LogP contribution in [0.4, 0.5) is 13.2 Å². The predicted octanol–water partition coefficient (Wildman–Crippen LogP) is 1.45. The summed E-state index contributed by atoms with van der Waals surface area (Å²) in [6.45, 7) is 1.05. The predicted molar refractivity (Wildman–Crippen MR) is 74.5 cm³/mol. The van der Waals surface area contributed by atoms with E-state index in [0.29, 0.717) is 0 Å². The molecule has 0 aliphatic carbocycles. The van der Waals surface area contributed by atoms with Crippen molar-refractivity contribution in [3.63, 3.8) is 0 Å². The molecule has 0 unspecified atom stereocenters. The number of aromatic hydroxyl groups is 1. The third kappa shape index (κ3) is 2.60. The van der Waals surface area contributed by atoms with Gasteiger partial charge >= 0.3 is 15.5 Å². The molecule has 1 aromatic heterocycles. The molecule has 7 nitrogen and oxygen atoms in total. The quantitative estimate of drug-likeness (QED) is 0.884. The number of hydrogen-bond acceptors (Lipinski definition) is 5. The van der Waals surface area contributed by atoms with E-state index in [9.17, 15) is 31.5 Å². The van der Waals surface area contributed by atoms with E-state index < -0.39 is 38.5 Å². The van der Waals surface area contributed by atoms with Gasteiger partial charge in [0.2, 0.25) is 0 Å². The number of carbonyl (C=O) groups excluding carboxylic acids is 1. The maximum Gasteiger partial charge on any atom is 0.517 e. The van der Waals surface area contributed by atoms with E-state index in [0.717, 1.165) is 24.0 Å². The van der Waals surface area contributed by atoms with E-state index >= 15 is 0 Å². The number of aromatic nitrogens is 2. The van der Waals surface area contributed by atoms with Crippen molar-refractivity contribution in [2.75, 3.05) is 14.1 Å². The highest BCUT2D eigenvalue weighted by Gasteiger charge is 2.49. The molecule has 1 heterocycles. The van der Waals surface area contributed by atoms with Crippen LogP contribution < -0.4 is 0 Å². The Hall–Kier alpha value is -2.30. The molecule has 0 radical (unpaired) electrons. The standard InChI is InChI=1S/C12H12F3N3O4S/c1-6-16-10-8(18(6)23(21,22)12(13,14)15)4-7(5-9(10)19)11(20)17(2)3/h4-5,19H,1-3H3. The van der Waals surface area contributed by atoms with Crippen LogP contribution in [0.1, 0.15) is 16.2 Å². The van der Waals surface area contributed by atoms with Crippen molar-refractivity contribution in [3.05, 3.63) is 23.5 Å². The fourth-order valence-corrected chi connectivity index (χ4v) is 3.04. The average molecular weight is 351 g/mol. The van der Waals surface area contributed by atoms with Crippen LogP contribution in [-0.2, 0) is 10.0 Å². The van der Waals surface area contributed by atoms with Gasteiger partial charge in [-0.05, 0) is 19.1 Å². The molecule has 1 aromatic carbocycles. The topological polar surface area (TPSA) is 92.5 Å². The molecule has 126 valence electrons. The molecule has 0 spiro atoms. The number of benzene rings is 1. The molecule has 0 aliphatic heterocycles. The summed E-state index contributed by atoms with van der Waals surface area (Å²) in [4.78, 5) is 16.7. The molecule has 0 saturated heterocycles. The number of phenolic OH excluding ortho intramolecular Hbond substituents is 1. The summed E-state index contributed by atoms with van der Waals surface area (Å²) < 4.78 is 61.8. The van der Waals surface area contributed by atoms with E-state index in [-0.39, 0.29) is 15.1 Å². The number of imidazole rings is 1. The number of carbonyl (C=O) groups is 1. The monoisotopic (exact) mass is 351 g/mol. The molecule has 1 N–H and O–H groups in total. The lowest BCUT2D eigenvalue weighted by Gasteiger charge is -2.13. The van der Waals surface area contributed by atoms with Crippen LogP contribution in [0.25, 0.3) is 11.0 Å². The molecule has 0 saturated carbocycles. The van der Waals surface area contributed by atoms with Crippen molar-refractivity contribution in [2.24, 2.45) is 0 Å². The number of nitrogens with zero attached hydrogens (tertiary/aromatic N) is 3. The van der Waals surface area contributed by atoms with Crippen LogP contribution in [0.5, 0.6) is 5.75 Å². The van der Waals surface area contributed by atoms with Crippen LogP contribution in [0.3, 0.4) is 0 Å². The van der Waals surface area contributed by atoms with Gasteiger partial charge < -0.3 is 10.0 Å². The lowest BCUT2D eigenvalue weighted by molar-refractivity contribution is -0.0445. The Labute approximate surface area is 129 Å². The molecular weight excluding hydrogens is 339 g/mol. The smallest absolute Gasteiger partial charge is 0.506 e. The minimum Gasteiger partial charge on any atom is -0.506 e. The number of amides is 1. The highest BCUT2D eigenvalue weighted by molar-refractivity contribution is 7.91. The largest absolute Gasteiger partial charge is 0.517 e. The summed E-state index contributed by atoms with van der Waals surface area (Å²) in [5.74, 6) is -1.69. The highest BCUT2D eigenvalue weighted by Crippen LogP contribution is 2.33. The third-order valence-electron chi connectivity index (χ3n) is 3.04. The fourth-order valence-electron chi connectivity index (χ4n) is 2.04. The molecule has 1 amide bonds. The van der Waals surface area contributed by atoms with Gasteiger partial charge in [0.15, 0.2) is 0 Å². The van der Waals surface area contributed by atoms with E-state index in [1.165, 1.54) is 14.1 Å². The zero-order valence-corrected chi connectivity index (χ0v) is 13.0. The van der Waals surface area contributed by atoms with Crippen LogP contribution >= 0.6 is 0 Å². The van der Waals surface area contributed by atoms with Gasteiger partial charge in [0.05, 0.1) is 5.52 Å². The van der Waals surface area contributed by atoms with Crippen molar-refractivity contribution in [1.29, 1.82) is 0 Å². The second-order valence-corrected chi connectivity index (χ2v) is 6.72. The zero-order valence-electron chi connectivity index (χ0n) is 12.2. The van der Waals surface area contributed by atoms with E-state index in [1.807, 2.05) is 0 Å². The number of hydrogen-bond donors (Lipinski definition) is 1. The second-order valence-electron chi connectivity index (χ2n) is 4.94. The second kappa shape index (κ2) is 5.11. The lowest BCUT2D eigenvalue weighted by atomic mass is 10.1. The molecule has 0 aliphatic rings. The molecule has 0 atom stereocenters. The SMILES string of the molecule is Cc1nc2c(O)cc(C(=O)N(C)C)cc2n1S(=O)(=O)C(F)(F)F. The summed E-state index contributed by atoms with van der Waals surface area (Å²) in [5.41, 5.74) is -6.59. The maximum absolute atomic E-state index is 12.8. The summed E-state index contributed by atoms with van der Waals surface area (Å²) in [6, 6.07) is 1.96. The number of alkyl halides is 3. The Morgan fingerprint density at radius 3 is 2.35 bits per heavy atom. The average Bonchev–Trinajstić information content (AvgIpc) is 2.73. The summed E-state index contributed by atoms with van der Waals surface area (Å²) in [6.07, 6.45) is 0. The molecule has 0 bridgehead atoms. The molecule has 2 rings (SSSR count). The van der Waals surface area contributed by atoms with Crippen molar-refractivity contribution < 1.29 is 31.5 Å². The van der Waals surface area contributed by atoms with Crippen LogP contribution in [-0.4, -0.2) is 52.9 Å². The minimum absolute atomic E-state index is 0.0332. The number of phenols is 1. The van der Waals surface area contributed by atoms with Gasteiger partial charge in [0.25, 0.3) is 5.91 Å². The summed E-state index contributed by atoms with van der Waals surface area (Å²) in [7, 11) is -2.95. The first-order valence-electron chi connectivity index (χ1n) is 6.13. The normalized spacial score (nSPS) is 12.6. The Morgan fingerprint density at radius 2 is 1.87 bits per heavy atom. The first-order chi connectivity index (χ1) is 10.4. The van der Waals surface area contributed by atoms with Crippen molar-refractivity contribution >= 4 is 27.0 Å². The lowest BCUT2D eigenvalue weighted by Crippen LogP contribution is -2.30. The Kier molecular flexibility index (Phi) is 3.79. The summed E-state index contributed by atoms with van der Waals surface area (Å²) in [5, 5.41) is 9.87. The van der Waals surface area contributed by atoms with E-state index in [1.54, 1.807) is 0 Å². The first-order valence-corrected chi connectivity index (χ1v) is 7.57. The van der Waals surface area contributed by atoms with Gasteiger partial charge in [-0.1, -0.05) is 0 Å². The van der Waals surface area contributed by atoms with Crippen molar-refractivity contribution in [2.45, 2.75) is 12.4 Å².